The van der Waals surface area contributed by atoms with E-state index in [2.05, 4.69) is 40.8 Å². The van der Waals surface area contributed by atoms with Gasteiger partial charge in [0.2, 0.25) is 0 Å². The van der Waals surface area contributed by atoms with E-state index < -0.39 is 0 Å². The number of hydrogen-bond acceptors (Lipinski definition) is 13. The smallest absolute Gasteiger partial charge is 0.409 e. The molecule has 4 aromatic rings. The lowest BCUT2D eigenvalue weighted by Gasteiger charge is -2.37. The molecular formula is C34H44N10O5. The maximum Gasteiger partial charge on any atom is 0.409 e. The third-order valence-electron chi connectivity index (χ3n) is 10.2. The number of carbonyl (C=O) groups is 1. The van der Waals surface area contributed by atoms with Crippen molar-refractivity contribution in [3.8, 4) is 22.8 Å². The fraction of sp³-hybridized carbons (Fsp3) is 0.618. The van der Waals surface area contributed by atoms with Crippen LogP contribution in [0.5, 0.6) is 0 Å². The Labute approximate surface area is 284 Å². The number of likely N-dealkylation sites (tertiary alicyclic amines) is 2. The van der Waals surface area contributed by atoms with Crippen molar-refractivity contribution in [3.63, 3.8) is 0 Å². The van der Waals surface area contributed by atoms with Gasteiger partial charge in [-0.3, -0.25) is 4.90 Å². The topological polar surface area (TPSA) is 173 Å². The van der Waals surface area contributed by atoms with Crippen LogP contribution in [0.25, 0.3) is 33.8 Å². The average molecular weight is 673 g/mol. The van der Waals surface area contributed by atoms with Crippen LogP contribution in [0, 0.1) is 0 Å². The molecule has 0 atom stereocenters. The lowest BCUT2D eigenvalue weighted by molar-refractivity contribution is -0.185. The van der Waals surface area contributed by atoms with Crippen molar-refractivity contribution in [1.29, 1.82) is 0 Å². The third-order valence-corrected chi connectivity index (χ3v) is 10.2. The minimum atomic E-state index is -0.390. The Morgan fingerprint density at radius 3 is 2.35 bits per heavy atom. The standard InChI is InChI=1S/C34H44N10O5/c1-33(2,3)44-31-25(29(35)38-20-39-31)26(40-44)27-24(28(49-41-27)22-4-5-22)30-36-18-23(19-37-30)21-6-10-43(11-7-21)32(45)46-15-14-42-12-8-34(9-13-42)47-16-17-48-34/h18-22H,4-17H2,1-3H3,(H2,35,38,39). The van der Waals surface area contributed by atoms with Gasteiger partial charge in [-0.15, -0.1) is 0 Å². The first-order valence-electron chi connectivity index (χ1n) is 17.4. The lowest BCUT2D eigenvalue weighted by Crippen LogP contribution is -2.46. The van der Waals surface area contributed by atoms with Gasteiger partial charge in [-0.05, 0) is 57.9 Å². The number of ether oxygens (including phenoxy) is 3. The molecule has 3 saturated heterocycles. The van der Waals surface area contributed by atoms with Gasteiger partial charge in [0.05, 0.1) is 29.7 Å². The summed E-state index contributed by atoms with van der Waals surface area (Å²) < 4.78 is 25.1. The van der Waals surface area contributed by atoms with E-state index in [-0.39, 0.29) is 29.3 Å². The van der Waals surface area contributed by atoms with Crippen molar-refractivity contribution in [2.75, 3.05) is 58.3 Å². The highest BCUT2D eigenvalue weighted by molar-refractivity contribution is 6.00. The Hall–Kier alpha value is -4.21. The number of aromatic nitrogens is 7. The molecule has 15 heteroatoms. The molecule has 0 radical (unpaired) electrons. The molecular weight excluding hydrogens is 628 g/mol. The number of nitrogens with zero attached hydrogens (tertiary/aromatic N) is 9. The molecule has 1 amide bonds. The van der Waals surface area contributed by atoms with Crippen LogP contribution in [-0.4, -0.2) is 109 Å². The Morgan fingerprint density at radius 1 is 0.959 bits per heavy atom. The number of nitrogens with two attached hydrogens (primary N) is 1. The quantitative estimate of drug-likeness (QED) is 0.295. The van der Waals surface area contributed by atoms with Crippen LogP contribution in [0.3, 0.4) is 0 Å². The van der Waals surface area contributed by atoms with Crippen LogP contribution in [0.1, 0.15) is 82.5 Å². The fourth-order valence-electron chi connectivity index (χ4n) is 7.24. The Kier molecular flexibility index (Phi) is 8.23. The van der Waals surface area contributed by atoms with Gasteiger partial charge < -0.3 is 29.4 Å². The van der Waals surface area contributed by atoms with E-state index in [1.807, 2.05) is 17.1 Å². The zero-order valence-corrected chi connectivity index (χ0v) is 28.4. The molecule has 1 spiro atoms. The maximum absolute atomic E-state index is 12.8. The van der Waals surface area contributed by atoms with Crippen LogP contribution in [0.4, 0.5) is 10.6 Å². The van der Waals surface area contributed by atoms with Gasteiger partial charge >= 0.3 is 6.09 Å². The van der Waals surface area contributed by atoms with Gasteiger partial charge in [0.1, 0.15) is 30.1 Å². The Bertz CT molecular complexity index is 1810. The monoisotopic (exact) mass is 672 g/mol. The SMILES string of the molecule is CC(C)(C)n1nc(-c2noc(C3CC3)c2-c2ncc(C3CCN(C(=O)OCCN4CCC5(CC4)OCCO5)CC3)cn2)c2c(N)ncnc21. The van der Waals surface area contributed by atoms with Gasteiger partial charge in [-0.25, -0.2) is 29.4 Å². The predicted octanol–water partition coefficient (Wildman–Crippen LogP) is 4.31. The Morgan fingerprint density at radius 2 is 1.67 bits per heavy atom. The molecule has 0 bridgehead atoms. The van der Waals surface area contributed by atoms with Crippen molar-refractivity contribution >= 4 is 22.9 Å². The van der Waals surface area contributed by atoms with Gasteiger partial charge in [-0.1, -0.05) is 5.16 Å². The summed E-state index contributed by atoms with van der Waals surface area (Å²) in [6, 6.07) is 0. The molecule has 8 rings (SSSR count). The highest BCUT2D eigenvalue weighted by Crippen LogP contribution is 2.48. The third kappa shape index (κ3) is 6.23. The van der Waals surface area contributed by atoms with E-state index >= 15 is 0 Å². The summed E-state index contributed by atoms with van der Waals surface area (Å²) in [4.78, 5) is 35.4. The van der Waals surface area contributed by atoms with Crippen molar-refractivity contribution < 1.29 is 23.5 Å². The number of nitrogen functional groups attached to an aromatic ring is 1. The Balaban J connectivity index is 0.923. The molecule has 260 valence electrons. The lowest BCUT2D eigenvalue weighted by atomic mass is 9.91. The summed E-state index contributed by atoms with van der Waals surface area (Å²) in [5.41, 5.74) is 9.53. The second-order valence-corrected chi connectivity index (χ2v) is 14.6. The normalized spacial score (nSPS) is 20.4. The summed E-state index contributed by atoms with van der Waals surface area (Å²) in [6.07, 6.45) is 10.4. The molecule has 0 unspecified atom stereocenters. The maximum atomic E-state index is 12.8. The molecule has 4 aliphatic rings. The van der Waals surface area contributed by atoms with Gasteiger partial charge in [-0.2, -0.15) is 5.10 Å². The minimum absolute atomic E-state index is 0.243. The highest BCUT2D eigenvalue weighted by Gasteiger charge is 2.40. The number of fused-ring (bicyclic) bond motifs is 1. The first kappa shape index (κ1) is 32.0. The number of carbonyl (C=O) groups excluding carboxylic acids is 1. The summed E-state index contributed by atoms with van der Waals surface area (Å²) in [7, 11) is 0. The largest absolute Gasteiger partial charge is 0.448 e. The second kappa shape index (κ2) is 12.6. The van der Waals surface area contributed by atoms with Crippen molar-refractivity contribution in [1.82, 2.24) is 44.7 Å². The molecule has 1 aliphatic carbocycles. The van der Waals surface area contributed by atoms with E-state index in [9.17, 15) is 4.79 Å². The minimum Gasteiger partial charge on any atom is -0.448 e. The van der Waals surface area contributed by atoms with Crippen LogP contribution < -0.4 is 5.73 Å². The number of rotatable bonds is 7. The van der Waals surface area contributed by atoms with Crippen LogP contribution >= 0.6 is 0 Å². The van der Waals surface area contributed by atoms with Crippen molar-refractivity contribution in [3.05, 3.63) is 30.0 Å². The summed E-state index contributed by atoms with van der Waals surface area (Å²) >= 11 is 0. The first-order chi connectivity index (χ1) is 23.7. The zero-order chi connectivity index (χ0) is 33.8. The fourth-order valence-corrected chi connectivity index (χ4v) is 7.24. The predicted molar refractivity (Wildman–Crippen MR) is 178 cm³/mol. The van der Waals surface area contributed by atoms with E-state index in [0.29, 0.717) is 73.5 Å². The summed E-state index contributed by atoms with van der Waals surface area (Å²) in [5, 5.41) is 10.1. The van der Waals surface area contributed by atoms with Crippen molar-refractivity contribution in [2.45, 2.75) is 82.5 Å². The van der Waals surface area contributed by atoms with Crippen LogP contribution in [-0.2, 0) is 19.7 Å². The van der Waals surface area contributed by atoms with E-state index in [1.54, 1.807) is 4.90 Å². The molecule has 7 heterocycles. The summed E-state index contributed by atoms with van der Waals surface area (Å²) in [5.74, 6) is 1.75. The molecule has 15 nitrogen and oxygen atoms in total. The second-order valence-electron chi connectivity index (χ2n) is 14.6. The molecule has 4 aromatic heterocycles. The van der Waals surface area contributed by atoms with Gasteiger partial charge in [0.25, 0.3) is 0 Å². The van der Waals surface area contributed by atoms with E-state index in [4.69, 9.17) is 39.5 Å². The van der Waals surface area contributed by atoms with Gasteiger partial charge in [0.15, 0.2) is 23.0 Å². The molecule has 1 saturated carbocycles. The molecule has 2 N–H and O–H groups in total. The molecule has 4 fully saturated rings. The van der Waals surface area contributed by atoms with Gasteiger partial charge in [0, 0.05) is 63.9 Å². The van der Waals surface area contributed by atoms with E-state index in [0.717, 1.165) is 68.5 Å². The molecule has 3 aliphatic heterocycles. The average Bonchev–Trinajstić information content (AvgIpc) is 3.48. The molecule has 49 heavy (non-hydrogen) atoms. The summed E-state index contributed by atoms with van der Waals surface area (Å²) in [6.45, 7) is 11.6. The molecule has 0 aromatic carbocycles. The number of piperidine rings is 2. The van der Waals surface area contributed by atoms with Crippen molar-refractivity contribution in [2.24, 2.45) is 0 Å². The zero-order valence-electron chi connectivity index (χ0n) is 28.4. The van der Waals surface area contributed by atoms with E-state index in [1.165, 1.54) is 6.33 Å². The first-order valence-corrected chi connectivity index (χ1v) is 17.4. The number of amides is 1. The van der Waals surface area contributed by atoms with Crippen LogP contribution in [0.15, 0.2) is 23.2 Å². The number of hydrogen-bond donors (Lipinski definition) is 1. The highest BCUT2D eigenvalue weighted by atomic mass is 16.7. The van der Waals surface area contributed by atoms with Crippen LogP contribution in [0.2, 0.25) is 0 Å². The number of anilines is 1.